The SMILES string of the molecule is CC1CCC(C(C)C)C(OC(=O)C[C@@H](O)C(=O)OC2CC(C)CCC2C(C)C)C1. The first-order chi connectivity index (χ1) is 13.6. The summed E-state index contributed by atoms with van der Waals surface area (Å²) >= 11 is 0. The molecule has 0 heterocycles. The van der Waals surface area contributed by atoms with Crippen molar-refractivity contribution in [2.24, 2.45) is 35.5 Å². The van der Waals surface area contributed by atoms with Gasteiger partial charge in [0.05, 0.1) is 6.42 Å². The highest BCUT2D eigenvalue weighted by molar-refractivity contribution is 5.81. The third-order valence-corrected chi connectivity index (χ3v) is 7.11. The lowest BCUT2D eigenvalue weighted by Gasteiger charge is -2.37. The number of aliphatic hydroxyl groups excluding tert-OH is 1. The average Bonchev–Trinajstić information content (AvgIpc) is 2.61. The molecule has 5 heteroatoms. The highest BCUT2D eigenvalue weighted by Crippen LogP contribution is 2.36. The maximum absolute atomic E-state index is 12.5. The van der Waals surface area contributed by atoms with Gasteiger partial charge in [-0.2, -0.15) is 0 Å². The van der Waals surface area contributed by atoms with Crippen molar-refractivity contribution in [1.82, 2.24) is 0 Å². The second-order valence-corrected chi connectivity index (χ2v) is 10.4. The zero-order chi connectivity index (χ0) is 21.7. The van der Waals surface area contributed by atoms with Crippen LogP contribution in [0.3, 0.4) is 0 Å². The van der Waals surface area contributed by atoms with E-state index in [0.29, 0.717) is 35.5 Å². The zero-order valence-electron chi connectivity index (χ0n) is 19.2. The maximum Gasteiger partial charge on any atom is 0.335 e. The van der Waals surface area contributed by atoms with Crippen molar-refractivity contribution in [2.45, 2.75) is 105 Å². The second kappa shape index (κ2) is 10.8. The van der Waals surface area contributed by atoms with E-state index in [0.717, 1.165) is 38.5 Å². The summed E-state index contributed by atoms with van der Waals surface area (Å²) in [6, 6.07) is 0. The molecular formula is C24H42O5. The number of ether oxygens (including phenoxy) is 2. The predicted octanol–water partition coefficient (Wildman–Crippen LogP) is 4.75. The topological polar surface area (TPSA) is 72.8 Å². The predicted molar refractivity (Wildman–Crippen MR) is 113 cm³/mol. The largest absolute Gasteiger partial charge is 0.462 e. The van der Waals surface area contributed by atoms with Crippen LogP contribution in [0.5, 0.6) is 0 Å². The summed E-state index contributed by atoms with van der Waals surface area (Å²) in [5, 5.41) is 10.3. The number of hydrogen-bond donors (Lipinski definition) is 1. The highest BCUT2D eigenvalue weighted by Gasteiger charge is 2.37. The van der Waals surface area contributed by atoms with E-state index >= 15 is 0 Å². The van der Waals surface area contributed by atoms with Gasteiger partial charge in [-0.05, 0) is 61.2 Å². The van der Waals surface area contributed by atoms with E-state index < -0.39 is 18.0 Å². The molecule has 2 aliphatic rings. The molecule has 0 aromatic heterocycles. The van der Waals surface area contributed by atoms with E-state index in [1.165, 1.54) is 0 Å². The summed E-state index contributed by atoms with van der Waals surface area (Å²) in [5.41, 5.74) is 0. The first kappa shape index (κ1) is 24.2. The van der Waals surface area contributed by atoms with E-state index in [9.17, 15) is 14.7 Å². The van der Waals surface area contributed by atoms with Crippen molar-refractivity contribution in [1.29, 1.82) is 0 Å². The molecule has 0 radical (unpaired) electrons. The van der Waals surface area contributed by atoms with E-state index in [1.54, 1.807) is 0 Å². The molecule has 0 bridgehead atoms. The summed E-state index contributed by atoms with van der Waals surface area (Å²) in [4.78, 5) is 24.9. The Hall–Kier alpha value is -1.10. The van der Waals surface area contributed by atoms with Crippen molar-refractivity contribution in [2.75, 3.05) is 0 Å². The number of hydrogen-bond acceptors (Lipinski definition) is 5. The normalized spacial score (nSPS) is 34.1. The molecule has 0 spiro atoms. The fourth-order valence-corrected chi connectivity index (χ4v) is 5.19. The van der Waals surface area contributed by atoms with Gasteiger partial charge in [-0.1, -0.05) is 54.4 Å². The van der Waals surface area contributed by atoms with Crippen LogP contribution in [-0.2, 0) is 19.1 Å². The monoisotopic (exact) mass is 410 g/mol. The lowest BCUT2D eigenvalue weighted by atomic mass is 9.75. The molecule has 168 valence electrons. The molecular weight excluding hydrogens is 368 g/mol. The maximum atomic E-state index is 12.5. The molecule has 0 aromatic carbocycles. The summed E-state index contributed by atoms with van der Waals surface area (Å²) in [7, 11) is 0. The summed E-state index contributed by atoms with van der Waals surface area (Å²) < 4.78 is 11.4. The Morgan fingerprint density at radius 1 is 0.828 bits per heavy atom. The van der Waals surface area contributed by atoms with Gasteiger partial charge in [0.1, 0.15) is 12.2 Å². The molecule has 0 saturated heterocycles. The van der Waals surface area contributed by atoms with Crippen LogP contribution < -0.4 is 0 Å². The first-order valence-electron chi connectivity index (χ1n) is 11.7. The van der Waals surface area contributed by atoms with E-state index in [4.69, 9.17) is 9.47 Å². The molecule has 2 saturated carbocycles. The summed E-state index contributed by atoms with van der Waals surface area (Å²) in [5.74, 6) is 1.35. The van der Waals surface area contributed by atoms with Gasteiger partial charge in [-0.15, -0.1) is 0 Å². The number of carbonyl (C=O) groups is 2. The van der Waals surface area contributed by atoms with Gasteiger partial charge >= 0.3 is 11.9 Å². The molecule has 5 nitrogen and oxygen atoms in total. The van der Waals surface area contributed by atoms with Crippen molar-refractivity contribution < 1.29 is 24.2 Å². The van der Waals surface area contributed by atoms with Crippen LogP contribution in [0.1, 0.15) is 86.5 Å². The zero-order valence-corrected chi connectivity index (χ0v) is 19.2. The van der Waals surface area contributed by atoms with Gasteiger partial charge < -0.3 is 14.6 Å². The number of rotatable bonds is 7. The second-order valence-electron chi connectivity index (χ2n) is 10.4. The molecule has 7 atom stereocenters. The van der Waals surface area contributed by atoms with Gasteiger partial charge in [0.2, 0.25) is 0 Å². The molecule has 29 heavy (non-hydrogen) atoms. The average molecular weight is 411 g/mol. The molecule has 0 amide bonds. The Morgan fingerprint density at radius 3 is 1.72 bits per heavy atom. The molecule has 0 aliphatic heterocycles. The number of carbonyl (C=O) groups excluding carboxylic acids is 2. The van der Waals surface area contributed by atoms with Gasteiger partial charge in [0.25, 0.3) is 0 Å². The van der Waals surface area contributed by atoms with Crippen LogP contribution in [0.2, 0.25) is 0 Å². The van der Waals surface area contributed by atoms with Crippen LogP contribution in [-0.4, -0.2) is 35.4 Å². The lowest BCUT2D eigenvalue weighted by Crippen LogP contribution is -2.40. The lowest BCUT2D eigenvalue weighted by molar-refractivity contribution is -0.172. The molecule has 2 rings (SSSR count). The minimum absolute atomic E-state index is 0.126. The van der Waals surface area contributed by atoms with Gasteiger partial charge in [-0.3, -0.25) is 4.79 Å². The van der Waals surface area contributed by atoms with Crippen molar-refractivity contribution in [3.63, 3.8) is 0 Å². The van der Waals surface area contributed by atoms with Crippen molar-refractivity contribution in [3.05, 3.63) is 0 Å². The molecule has 2 fully saturated rings. The summed E-state index contributed by atoms with van der Waals surface area (Å²) in [6.45, 7) is 13.0. The standard InChI is InChI=1S/C24H42O5/c1-14(2)18-9-7-16(5)11-21(18)28-23(26)13-20(25)24(27)29-22-12-17(6)8-10-19(22)15(3)4/h14-22,25H,7-13H2,1-6H3/t16?,17?,18?,19?,20-,21?,22?/m1/s1. The van der Waals surface area contributed by atoms with Crippen LogP contribution in [0.15, 0.2) is 0 Å². The summed E-state index contributed by atoms with van der Waals surface area (Å²) in [6.07, 6.45) is 3.97. The van der Waals surface area contributed by atoms with Crippen LogP contribution in [0, 0.1) is 35.5 Å². The van der Waals surface area contributed by atoms with Crippen LogP contribution >= 0.6 is 0 Å². The Kier molecular flexibility index (Phi) is 8.99. The Labute approximate surface area is 176 Å². The van der Waals surface area contributed by atoms with Gasteiger partial charge in [0.15, 0.2) is 6.10 Å². The Bertz CT molecular complexity index is 543. The third kappa shape index (κ3) is 6.97. The van der Waals surface area contributed by atoms with Crippen LogP contribution in [0.25, 0.3) is 0 Å². The third-order valence-electron chi connectivity index (χ3n) is 7.11. The molecule has 0 aromatic rings. The quantitative estimate of drug-likeness (QED) is 0.613. The number of esters is 2. The highest BCUT2D eigenvalue weighted by atomic mass is 16.6. The smallest absolute Gasteiger partial charge is 0.335 e. The fourth-order valence-electron chi connectivity index (χ4n) is 5.19. The Balaban J connectivity index is 1.88. The minimum atomic E-state index is -1.45. The van der Waals surface area contributed by atoms with E-state index in [1.807, 2.05) is 0 Å². The van der Waals surface area contributed by atoms with Crippen LogP contribution in [0.4, 0.5) is 0 Å². The van der Waals surface area contributed by atoms with Crippen molar-refractivity contribution >= 4 is 11.9 Å². The Morgan fingerprint density at radius 2 is 1.28 bits per heavy atom. The van der Waals surface area contributed by atoms with Gasteiger partial charge in [-0.25, -0.2) is 4.79 Å². The molecule has 2 aliphatic carbocycles. The first-order valence-corrected chi connectivity index (χ1v) is 11.7. The van der Waals surface area contributed by atoms with Gasteiger partial charge in [0, 0.05) is 0 Å². The van der Waals surface area contributed by atoms with E-state index in [2.05, 4.69) is 41.5 Å². The van der Waals surface area contributed by atoms with E-state index in [-0.39, 0.29) is 18.6 Å². The minimum Gasteiger partial charge on any atom is -0.462 e. The molecule has 1 N–H and O–H groups in total. The molecule has 6 unspecified atom stereocenters. The number of aliphatic hydroxyl groups is 1. The van der Waals surface area contributed by atoms with Crippen molar-refractivity contribution in [3.8, 4) is 0 Å². The fraction of sp³-hybridized carbons (Fsp3) is 0.917.